The Kier molecular flexibility index (Phi) is 4.28. The summed E-state index contributed by atoms with van der Waals surface area (Å²) in [7, 11) is 0. The first-order valence-electron chi connectivity index (χ1n) is 3.62. The molecule has 0 bridgehead atoms. The molecule has 5 heteroatoms. The third kappa shape index (κ3) is 3.34. The van der Waals surface area contributed by atoms with Crippen LogP contribution in [0.2, 0.25) is 0 Å². The number of aliphatic hydroxyl groups excluding tert-OH is 1. The Morgan fingerprint density at radius 2 is 1.92 bits per heavy atom. The van der Waals surface area contributed by atoms with E-state index in [1.807, 2.05) is 0 Å². The van der Waals surface area contributed by atoms with Crippen molar-refractivity contribution in [3.63, 3.8) is 0 Å². The topological polar surface area (TPSA) is 86.6 Å². The van der Waals surface area contributed by atoms with Crippen LogP contribution in [0.1, 0.15) is 13.8 Å². The van der Waals surface area contributed by atoms with Gasteiger partial charge in [0.1, 0.15) is 12.6 Å². The first kappa shape index (κ1) is 10.9. The van der Waals surface area contributed by atoms with E-state index in [-0.39, 0.29) is 5.92 Å². The number of carbonyl (C=O) groups is 2. The fourth-order valence-corrected chi connectivity index (χ4v) is 0.733. The van der Waals surface area contributed by atoms with Crippen molar-refractivity contribution in [2.24, 2.45) is 5.92 Å². The van der Waals surface area contributed by atoms with Crippen molar-refractivity contribution in [2.45, 2.75) is 19.9 Å². The van der Waals surface area contributed by atoms with E-state index >= 15 is 0 Å². The Hall–Kier alpha value is -1.10. The van der Waals surface area contributed by atoms with Crippen LogP contribution in [-0.4, -0.2) is 34.7 Å². The number of carbonyl (C=O) groups excluding carboxylic acids is 1. The van der Waals surface area contributed by atoms with Gasteiger partial charge in [-0.05, 0) is 5.92 Å². The third-order valence-corrected chi connectivity index (χ3v) is 1.39. The van der Waals surface area contributed by atoms with Crippen LogP contribution < -0.4 is 5.32 Å². The highest BCUT2D eigenvalue weighted by Gasteiger charge is 2.22. The molecule has 0 spiro atoms. The maximum Gasteiger partial charge on any atom is 0.326 e. The lowest BCUT2D eigenvalue weighted by Gasteiger charge is -2.16. The van der Waals surface area contributed by atoms with E-state index in [1.54, 1.807) is 13.8 Å². The second kappa shape index (κ2) is 4.71. The normalized spacial score (nSPS) is 12.7. The first-order chi connectivity index (χ1) is 5.49. The fourth-order valence-electron chi connectivity index (χ4n) is 0.733. The summed E-state index contributed by atoms with van der Waals surface area (Å²) in [6, 6.07) is -0.926. The van der Waals surface area contributed by atoms with Crippen molar-refractivity contribution >= 4 is 11.9 Å². The second-order valence-corrected chi connectivity index (χ2v) is 2.79. The number of aliphatic hydroxyl groups is 1. The summed E-state index contributed by atoms with van der Waals surface area (Å²) < 4.78 is 0. The van der Waals surface area contributed by atoms with Crippen LogP contribution in [0.5, 0.6) is 0 Å². The maximum absolute atomic E-state index is 10.6. The Labute approximate surface area is 70.4 Å². The third-order valence-electron chi connectivity index (χ3n) is 1.39. The van der Waals surface area contributed by atoms with Gasteiger partial charge in [-0.15, -0.1) is 0 Å². The first-order valence-corrected chi connectivity index (χ1v) is 3.62. The molecule has 0 aliphatic carbocycles. The van der Waals surface area contributed by atoms with Crippen LogP contribution in [-0.2, 0) is 9.59 Å². The number of hydrogen-bond acceptors (Lipinski definition) is 3. The molecule has 0 aromatic carbocycles. The van der Waals surface area contributed by atoms with Crippen molar-refractivity contribution in [3.8, 4) is 0 Å². The van der Waals surface area contributed by atoms with Crippen LogP contribution >= 0.6 is 0 Å². The predicted molar refractivity (Wildman–Crippen MR) is 41.5 cm³/mol. The van der Waals surface area contributed by atoms with Gasteiger partial charge in [0, 0.05) is 0 Å². The molecule has 12 heavy (non-hydrogen) atoms. The molecule has 3 N–H and O–H groups in total. The number of nitrogens with one attached hydrogen (secondary N) is 1. The largest absolute Gasteiger partial charge is 0.480 e. The molecule has 0 aliphatic heterocycles. The Morgan fingerprint density at radius 1 is 1.42 bits per heavy atom. The van der Waals surface area contributed by atoms with E-state index in [0.29, 0.717) is 0 Å². The summed E-state index contributed by atoms with van der Waals surface area (Å²) >= 11 is 0. The monoisotopic (exact) mass is 175 g/mol. The van der Waals surface area contributed by atoms with Gasteiger partial charge >= 0.3 is 5.97 Å². The summed E-state index contributed by atoms with van der Waals surface area (Å²) in [5.41, 5.74) is 0. The van der Waals surface area contributed by atoms with Crippen LogP contribution in [0.25, 0.3) is 0 Å². The SMILES string of the molecule is CC(C)C(NC(=O)CO)C(=O)O. The number of amides is 1. The molecule has 0 aromatic rings. The molecule has 0 rings (SSSR count). The van der Waals surface area contributed by atoms with Gasteiger partial charge in [-0.1, -0.05) is 13.8 Å². The molecule has 0 fully saturated rings. The number of rotatable bonds is 4. The van der Waals surface area contributed by atoms with Gasteiger partial charge < -0.3 is 15.5 Å². The Balaban J connectivity index is 4.14. The van der Waals surface area contributed by atoms with Gasteiger partial charge in [0.25, 0.3) is 0 Å². The summed E-state index contributed by atoms with van der Waals surface area (Å²) in [6.45, 7) is 2.67. The number of carboxylic acids is 1. The average molecular weight is 175 g/mol. The lowest BCUT2D eigenvalue weighted by molar-refractivity contribution is -0.143. The smallest absolute Gasteiger partial charge is 0.326 e. The van der Waals surface area contributed by atoms with Crippen LogP contribution in [0.3, 0.4) is 0 Å². The van der Waals surface area contributed by atoms with Crippen molar-refractivity contribution in [2.75, 3.05) is 6.61 Å². The molecule has 0 saturated heterocycles. The van der Waals surface area contributed by atoms with Crippen molar-refractivity contribution in [3.05, 3.63) is 0 Å². The standard InChI is InChI=1S/C7H13NO4/c1-4(2)6(7(11)12)8-5(10)3-9/h4,6,9H,3H2,1-2H3,(H,8,10)(H,11,12). The van der Waals surface area contributed by atoms with E-state index in [9.17, 15) is 9.59 Å². The molecule has 1 atom stereocenters. The van der Waals surface area contributed by atoms with Gasteiger partial charge in [0.2, 0.25) is 5.91 Å². The summed E-state index contributed by atoms with van der Waals surface area (Å²) in [5, 5.41) is 19.1. The molecular formula is C7H13NO4. The van der Waals surface area contributed by atoms with E-state index in [0.717, 1.165) is 0 Å². The summed E-state index contributed by atoms with van der Waals surface area (Å²) in [5.74, 6) is -1.96. The van der Waals surface area contributed by atoms with Gasteiger partial charge in [0.15, 0.2) is 0 Å². The van der Waals surface area contributed by atoms with Gasteiger partial charge in [-0.3, -0.25) is 4.79 Å². The number of aliphatic carboxylic acids is 1. The van der Waals surface area contributed by atoms with Crippen LogP contribution in [0, 0.1) is 5.92 Å². The minimum absolute atomic E-state index is 0.196. The highest BCUT2D eigenvalue weighted by molar-refractivity contribution is 5.84. The predicted octanol–water partition coefficient (Wildman–Crippen LogP) is -0.796. The zero-order chi connectivity index (χ0) is 9.72. The zero-order valence-electron chi connectivity index (χ0n) is 7.07. The minimum Gasteiger partial charge on any atom is -0.480 e. The molecule has 0 saturated carbocycles. The van der Waals surface area contributed by atoms with Gasteiger partial charge in [-0.2, -0.15) is 0 Å². The van der Waals surface area contributed by atoms with E-state index in [1.165, 1.54) is 0 Å². The quantitative estimate of drug-likeness (QED) is 0.522. The molecule has 1 amide bonds. The Morgan fingerprint density at radius 3 is 2.17 bits per heavy atom. The minimum atomic E-state index is -1.09. The van der Waals surface area contributed by atoms with Gasteiger partial charge in [-0.25, -0.2) is 4.79 Å². The van der Waals surface area contributed by atoms with Crippen molar-refractivity contribution < 1.29 is 19.8 Å². The van der Waals surface area contributed by atoms with E-state index < -0.39 is 24.5 Å². The lowest BCUT2D eigenvalue weighted by Crippen LogP contribution is -2.45. The lowest BCUT2D eigenvalue weighted by atomic mass is 10.1. The van der Waals surface area contributed by atoms with Gasteiger partial charge in [0.05, 0.1) is 0 Å². The highest BCUT2D eigenvalue weighted by Crippen LogP contribution is 2.00. The molecule has 0 aliphatic rings. The van der Waals surface area contributed by atoms with Crippen molar-refractivity contribution in [1.82, 2.24) is 5.32 Å². The molecule has 5 nitrogen and oxygen atoms in total. The molecule has 70 valence electrons. The van der Waals surface area contributed by atoms with Crippen LogP contribution in [0.4, 0.5) is 0 Å². The van der Waals surface area contributed by atoms with Crippen molar-refractivity contribution in [1.29, 1.82) is 0 Å². The number of hydrogen-bond donors (Lipinski definition) is 3. The number of carboxylic acid groups (broad SMARTS) is 1. The highest BCUT2D eigenvalue weighted by atomic mass is 16.4. The molecule has 0 aromatic heterocycles. The fraction of sp³-hybridized carbons (Fsp3) is 0.714. The zero-order valence-corrected chi connectivity index (χ0v) is 7.07. The second-order valence-electron chi connectivity index (χ2n) is 2.79. The summed E-state index contributed by atoms with van der Waals surface area (Å²) in [4.78, 5) is 21.1. The molecule has 0 heterocycles. The Bertz CT molecular complexity index is 178. The molecule has 1 unspecified atom stereocenters. The maximum atomic E-state index is 10.6. The average Bonchev–Trinajstić information content (AvgIpc) is 1.98. The van der Waals surface area contributed by atoms with Crippen LogP contribution in [0.15, 0.2) is 0 Å². The van der Waals surface area contributed by atoms with E-state index in [4.69, 9.17) is 10.2 Å². The molecule has 0 radical (unpaired) electrons. The molecular weight excluding hydrogens is 162 g/mol. The summed E-state index contributed by atoms with van der Waals surface area (Å²) in [6.07, 6.45) is 0. The van der Waals surface area contributed by atoms with E-state index in [2.05, 4.69) is 5.32 Å².